The van der Waals surface area contributed by atoms with Crippen LogP contribution in [0.1, 0.15) is 15.9 Å². The summed E-state index contributed by atoms with van der Waals surface area (Å²) in [5.41, 5.74) is -0.338. The van der Waals surface area contributed by atoms with E-state index in [1.54, 1.807) is 0 Å². The van der Waals surface area contributed by atoms with Gasteiger partial charge >= 0.3 is 6.18 Å². The number of alkyl halides is 3. The van der Waals surface area contributed by atoms with Crippen LogP contribution >= 0.6 is 0 Å². The van der Waals surface area contributed by atoms with Crippen molar-refractivity contribution in [1.82, 2.24) is 4.98 Å². The highest BCUT2D eigenvalue weighted by molar-refractivity contribution is 8.09. The summed E-state index contributed by atoms with van der Waals surface area (Å²) in [7, 11) is -8.41. The molecule has 0 unspecified atom stereocenters. The number of hydrogen-bond acceptors (Lipinski definition) is 6. The smallest absolute Gasteiger partial charge is 0.322 e. The fourth-order valence-corrected chi connectivity index (χ4v) is 6.07. The van der Waals surface area contributed by atoms with Gasteiger partial charge in [-0.3, -0.25) is 9.78 Å². The SMILES string of the molecule is CS(=O)(=O)N(c1cccnc1-c1ccc(C(=O)Nc2ccc(C(F)(F)F)cc2)cc1)S(C)(=O)=O. The fraction of sp³-hybridized carbons (Fsp3) is 0.143. The van der Waals surface area contributed by atoms with Gasteiger partial charge in [-0.2, -0.15) is 16.9 Å². The van der Waals surface area contributed by atoms with E-state index in [1.165, 1.54) is 42.6 Å². The summed E-state index contributed by atoms with van der Waals surface area (Å²) in [4.78, 5) is 16.6. The highest BCUT2D eigenvalue weighted by Crippen LogP contribution is 2.32. The number of benzene rings is 2. The molecule has 3 rings (SSSR count). The number of anilines is 2. The molecule has 0 spiro atoms. The van der Waals surface area contributed by atoms with Gasteiger partial charge in [0.05, 0.1) is 29.5 Å². The molecule has 2 aromatic carbocycles. The van der Waals surface area contributed by atoms with E-state index in [0.717, 1.165) is 36.8 Å². The van der Waals surface area contributed by atoms with Crippen molar-refractivity contribution in [3.63, 3.8) is 0 Å². The summed E-state index contributed by atoms with van der Waals surface area (Å²) < 4.78 is 86.9. The Bertz CT molecular complexity index is 1390. The Hall–Kier alpha value is -3.45. The number of rotatable bonds is 6. The third kappa shape index (κ3) is 5.72. The normalized spacial score (nSPS) is 12.3. The second-order valence-corrected chi connectivity index (χ2v) is 11.1. The van der Waals surface area contributed by atoms with Gasteiger partial charge in [-0.1, -0.05) is 12.1 Å². The number of carbonyl (C=O) groups is 1. The maximum atomic E-state index is 12.7. The van der Waals surface area contributed by atoms with Crippen molar-refractivity contribution in [3.05, 3.63) is 78.0 Å². The van der Waals surface area contributed by atoms with Crippen LogP contribution in [0, 0.1) is 0 Å². The first kappa shape index (κ1) is 25.2. The molecule has 8 nitrogen and oxygen atoms in total. The first-order chi connectivity index (χ1) is 15.7. The molecule has 0 saturated heterocycles. The number of hydrogen-bond donors (Lipinski definition) is 1. The third-order valence-corrected chi connectivity index (χ3v) is 7.70. The molecule has 34 heavy (non-hydrogen) atoms. The molecule has 1 amide bonds. The Balaban J connectivity index is 1.89. The quantitative estimate of drug-likeness (QED) is 0.537. The molecule has 0 bridgehead atoms. The molecule has 3 aromatic rings. The second kappa shape index (κ2) is 9.06. The fourth-order valence-electron chi connectivity index (χ4n) is 3.10. The lowest BCUT2D eigenvalue weighted by Gasteiger charge is -2.22. The molecule has 0 saturated carbocycles. The minimum atomic E-state index is -4.49. The van der Waals surface area contributed by atoms with E-state index in [2.05, 4.69) is 10.3 Å². The van der Waals surface area contributed by atoms with Crippen LogP contribution in [0.15, 0.2) is 66.9 Å². The van der Waals surface area contributed by atoms with Gasteiger partial charge in [-0.25, -0.2) is 16.8 Å². The van der Waals surface area contributed by atoms with Crippen LogP contribution in [0.25, 0.3) is 11.3 Å². The summed E-state index contributed by atoms with van der Waals surface area (Å²) in [5.74, 6) is -0.596. The molecular formula is C21H18F3N3O5S2. The number of sulfonamides is 2. The summed E-state index contributed by atoms with van der Waals surface area (Å²) in [6.45, 7) is 0. The maximum absolute atomic E-state index is 12.7. The predicted octanol–water partition coefficient (Wildman–Crippen LogP) is 3.75. The van der Waals surface area contributed by atoms with E-state index in [1.807, 2.05) is 0 Å². The van der Waals surface area contributed by atoms with E-state index < -0.39 is 37.7 Å². The zero-order valence-corrected chi connectivity index (χ0v) is 19.4. The van der Waals surface area contributed by atoms with Crippen molar-refractivity contribution in [2.24, 2.45) is 0 Å². The van der Waals surface area contributed by atoms with Crippen LogP contribution in [0.4, 0.5) is 24.5 Å². The second-order valence-electron chi connectivity index (χ2n) is 7.20. The molecule has 180 valence electrons. The van der Waals surface area contributed by atoms with E-state index in [-0.39, 0.29) is 26.3 Å². The average Bonchev–Trinajstić information content (AvgIpc) is 2.72. The lowest BCUT2D eigenvalue weighted by molar-refractivity contribution is -0.137. The Morgan fingerprint density at radius 2 is 1.44 bits per heavy atom. The Morgan fingerprint density at radius 3 is 1.94 bits per heavy atom. The first-order valence-electron chi connectivity index (χ1n) is 9.42. The highest BCUT2D eigenvalue weighted by atomic mass is 32.3. The average molecular weight is 514 g/mol. The van der Waals surface area contributed by atoms with Crippen molar-refractivity contribution < 1.29 is 34.8 Å². The van der Waals surface area contributed by atoms with Gasteiger partial charge in [0.25, 0.3) is 5.91 Å². The standard InChI is InChI=1S/C21H18F3N3O5S2/c1-33(29,30)27(34(2,31)32)18-4-3-13-25-19(18)14-5-7-15(8-6-14)20(28)26-17-11-9-16(10-12-17)21(22,23)24/h3-13H,1-2H3,(H,26,28). The minimum absolute atomic E-state index is 0.0491. The lowest BCUT2D eigenvalue weighted by atomic mass is 10.1. The highest BCUT2D eigenvalue weighted by Gasteiger charge is 2.31. The van der Waals surface area contributed by atoms with Crippen molar-refractivity contribution in [2.45, 2.75) is 6.18 Å². The van der Waals surface area contributed by atoms with E-state index in [9.17, 15) is 34.8 Å². The Morgan fingerprint density at radius 1 is 0.882 bits per heavy atom. The zero-order valence-electron chi connectivity index (χ0n) is 17.7. The van der Waals surface area contributed by atoms with Crippen LogP contribution in [-0.4, -0.2) is 40.2 Å². The minimum Gasteiger partial charge on any atom is -0.322 e. The molecule has 1 heterocycles. The summed E-state index contributed by atoms with van der Waals surface area (Å²) in [5, 5.41) is 2.48. The van der Waals surface area contributed by atoms with Crippen LogP contribution in [0.2, 0.25) is 0 Å². The van der Waals surface area contributed by atoms with Crippen LogP contribution < -0.4 is 9.03 Å². The largest absolute Gasteiger partial charge is 0.416 e. The van der Waals surface area contributed by atoms with Crippen molar-refractivity contribution in [1.29, 1.82) is 0 Å². The number of aromatic nitrogens is 1. The van der Waals surface area contributed by atoms with Crippen LogP contribution in [0.5, 0.6) is 0 Å². The molecule has 1 aromatic heterocycles. The van der Waals surface area contributed by atoms with Gasteiger partial charge in [0.2, 0.25) is 20.0 Å². The van der Waals surface area contributed by atoms with Gasteiger partial charge in [-0.15, -0.1) is 0 Å². The van der Waals surface area contributed by atoms with Gasteiger partial charge in [-0.05, 0) is 48.5 Å². The molecule has 1 N–H and O–H groups in total. The molecule has 0 fully saturated rings. The van der Waals surface area contributed by atoms with E-state index in [4.69, 9.17) is 0 Å². The first-order valence-corrected chi connectivity index (χ1v) is 13.1. The third-order valence-electron chi connectivity index (χ3n) is 4.48. The number of nitrogens with one attached hydrogen (secondary N) is 1. The summed E-state index contributed by atoms with van der Waals surface area (Å²) in [6, 6.07) is 12.3. The van der Waals surface area contributed by atoms with Crippen molar-refractivity contribution >= 4 is 37.3 Å². The molecule has 0 atom stereocenters. The monoisotopic (exact) mass is 513 g/mol. The van der Waals surface area contributed by atoms with Gasteiger partial charge in [0.15, 0.2) is 0 Å². The van der Waals surface area contributed by atoms with Crippen LogP contribution in [-0.2, 0) is 26.2 Å². The summed E-state index contributed by atoms with van der Waals surface area (Å²) in [6.07, 6.45) is -1.64. The molecule has 0 aliphatic carbocycles. The molecular weight excluding hydrogens is 495 g/mol. The Kier molecular flexibility index (Phi) is 6.71. The number of halogens is 3. The molecule has 0 radical (unpaired) electrons. The zero-order chi connectivity index (χ0) is 25.3. The Labute approximate surface area is 194 Å². The number of amides is 1. The van der Waals surface area contributed by atoms with E-state index in [0.29, 0.717) is 5.56 Å². The van der Waals surface area contributed by atoms with Gasteiger partial charge < -0.3 is 5.32 Å². The van der Waals surface area contributed by atoms with Gasteiger partial charge in [0.1, 0.15) is 0 Å². The van der Waals surface area contributed by atoms with Crippen LogP contribution in [0.3, 0.4) is 0 Å². The molecule has 0 aliphatic heterocycles. The lowest BCUT2D eigenvalue weighted by Crippen LogP contribution is -2.35. The number of carbonyl (C=O) groups excluding carboxylic acids is 1. The van der Waals surface area contributed by atoms with E-state index >= 15 is 0 Å². The van der Waals surface area contributed by atoms with Crippen molar-refractivity contribution in [2.75, 3.05) is 21.5 Å². The number of nitrogens with zero attached hydrogens (tertiary/aromatic N) is 2. The predicted molar refractivity (Wildman–Crippen MR) is 121 cm³/mol. The number of pyridine rings is 1. The van der Waals surface area contributed by atoms with Crippen molar-refractivity contribution in [3.8, 4) is 11.3 Å². The molecule has 13 heteroatoms. The van der Waals surface area contributed by atoms with Gasteiger partial charge in [0, 0.05) is 23.0 Å². The summed E-state index contributed by atoms with van der Waals surface area (Å²) >= 11 is 0. The topological polar surface area (TPSA) is 114 Å². The molecule has 0 aliphatic rings. The maximum Gasteiger partial charge on any atom is 0.416 e.